The molecular formula is C21H18N4OS2. The molecule has 0 bridgehead atoms. The number of anilines is 1. The van der Waals surface area contributed by atoms with Crippen LogP contribution in [0.15, 0.2) is 65.5 Å². The third kappa shape index (κ3) is 3.67. The van der Waals surface area contributed by atoms with Crippen LogP contribution < -0.4 is 16.3 Å². The van der Waals surface area contributed by atoms with Crippen molar-refractivity contribution in [3.63, 3.8) is 0 Å². The highest BCUT2D eigenvalue weighted by Crippen LogP contribution is 2.30. The number of hydrogen-bond donors (Lipinski definition) is 2. The Kier molecular flexibility index (Phi) is 4.93. The smallest absolute Gasteiger partial charge is 0.290 e. The van der Waals surface area contributed by atoms with Gasteiger partial charge in [-0.25, -0.2) is 9.66 Å². The molecule has 0 atom stereocenters. The largest absolute Gasteiger partial charge is 0.331 e. The highest BCUT2D eigenvalue weighted by Gasteiger charge is 2.14. The summed E-state index contributed by atoms with van der Waals surface area (Å²) >= 11 is 6.80. The zero-order chi connectivity index (χ0) is 19.7. The van der Waals surface area contributed by atoms with Crippen molar-refractivity contribution in [3.8, 4) is 10.4 Å². The first-order valence-electron chi connectivity index (χ1n) is 8.74. The van der Waals surface area contributed by atoms with Crippen molar-refractivity contribution in [2.45, 2.75) is 13.8 Å². The average molecular weight is 407 g/mol. The fourth-order valence-corrected chi connectivity index (χ4v) is 4.11. The van der Waals surface area contributed by atoms with Crippen LogP contribution >= 0.6 is 23.6 Å². The maximum absolute atomic E-state index is 13.0. The topological polar surface area (TPSA) is 58.9 Å². The Hall–Kier alpha value is -3.03. The van der Waals surface area contributed by atoms with Crippen molar-refractivity contribution in [1.82, 2.24) is 9.66 Å². The van der Waals surface area contributed by atoms with Crippen LogP contribution in [0.4, 0.5) is 5.69 Å². The summed E-state index contributed by atoms with van der Waals surface area (Å²) in [6.45, 7) is 3.80. The predicted octanol–water partition coefficient (Wildman–Crippen LogP) is 4.68. The maximum atomic E-state index is 13.0. The molecule has 0 saturated heterocycles. The Morgan fingerprint density at radius 3 is 2.50 bits per heavy atom. The molecule has 0 unspecified atom stereocenters. The summed E-state index contributed by atoms with van der Waals surface area (Å²) in [6.07, 6.45) is 0. The van der Waals surface area contributed by atoms with E-state index in [2.05, 4.69) is 15.7 Å². The van der Waals surface area contributed by atoms with Crippen molar-refractivity contribution in [2.75, 3.05) is 10.7 Å². The molecule has 0 spiro atoms. The minimum atomic E-state index is -0.164. The highest BCUT2D eigenvalue weighted by molar-refractivity contribution is 7.80. The van der Waals surface area contributed by atoms with Crippen LogP contribution in [0.1, 0.15) is 11.4 Å². The lowest BCUT2D eigenvalue weighted by atomic mass is 10.2. The van der Waals surface area contributed by atoms with Gasteiger partial charge in [-0.2, -0.15) is 0 Å². The average Bonchev–Trinajstić information content (AvgIpc) is 3.12. The summed E-state index contributed by atoms with van der Waals surface area (Å²) in [5.41, 5.74) is 6.57. The minimum Gasteiger partial charge on any atom is -0.331 e. The number of aryl methyl sites for hydroxylation is 2. The van der Waals surface area contributed by atoms with Crippen LogP contribution in [0, 0.1) is 13.8 Å². The van der Waals surface area contributed by atoms with E-state index in [0.29, 0.717) is 21.2 Å². The van der Waals surface area contributed by atoms with E-state index in [1.165, 1.54) is 16.0 Å². The summed E-state index contributed by atoms with van der Waals surface area (Å²) in [4.78, 5) is 18.6. The number of thiocarbonyl (C=S) groups is 1. The molecule has 0 saturated carbocycles. The van der Waals surface area contributed by atoms with E-state index in [1.807, 2.05) is 67.6 Å². The van der Waals surface area contributed by atoms with Crippen LogP contribution in [-0.4, -0.2) is 14.8 Å². The fraction of sp³-hybridized carbons (Fsp3) is 0.0952. The van der Waals surface area contributed by atoms with Gasteiger partial charge in [-0.05, 0) is 49.8 Å². The Labute approximate surface area is 171 Å². The molecule has 5 nitrogen and oxygen atoms in total. The molecule has 7 heteroatoms. The van der Waals surface area contributed by atoms with E-state index in [9.17, 15) is 4.79 Å². The highest BCUT2D eigenvalue weighted by atomic mass is 32.1. The molecule has 0 amide bonds. The SMILES string of the molecule is Cc1ccc(NC(=S)Nn2c(C)nc3cc(-c4ccccc4)sc3c2=O)cc1. The van der Waals surface area contributed by atoms with Crippen molar-refractivity contribution >= 4 is 44.6 Å². The Morgan fingerprint density at radius 1 is 1.07 bits per heavy atom. The number of rotatable bonds is 3. The molecule has 2 aromatic carbocycles. The summed E-state index contributed by atoms with van der Waals surface area (Å²) < 4.78 is 1.98. The number of aromatic nitrogens is 2. The Morgan fingerprint density at radius 2 is 1.79 bits per heavy atom. The van der Waals surface area contributed by atoms with E-state index in [4.69, 9.17) is 12.2 Å². The third-order valence-corrected chi connectivity index (χ3v) is 5.65. The number of nitrogens with zero attached hydrogens (tertiary/aromatic N) is 2. The van der Waals surface area contributed by atoms with Gasteiger partial charge in [0.1, 0.15) is 10.5 Å². The quantitative estimate of drug-likeness (QED) is 0.484. The molecule has 4 rings (SSSR count). The van der Waals surface area contributed by atoms with Crippen molar-refractivity contribution < 1.29 is 0 Å². The molecule has 28 heavy (non-hydrogen) atoms. The van der Waals surface area contributed by atoms with E-state index in [0.717, 1.165) is 21.7 Å². The van der Waals surface area contributed by atoms with Gasteiger partial charge < -0.3 is 5.32 Å². The first-order valence-corrected chi connectivity index (χ1v) is 9.97. The van der Waals surface area contributed by atoms with E-state index in [-0.39, 0.29) is 5.56 Å². The summed E-state index contributed by atoms with van der Waals surface area (Å²) in [5.74, 6) is 0.544. The van der Waals surface area contributed by atoms with Gasteiger partial charge in [-0.1, -0.05) is 48.0 Å². The second-order valence-electron chi connectivity index (χ2n) is 6.42. The van der Waals surface area contributed by atoms with Gasteiger partial charge in [-0.3, -0.25) is 10.2 Å². The maximum Gasteiger partial charge on any atom is 0.290 e. The molecule has 0 fully saturated rings. The molecule has 4 aromatic rings. The molecular weight excluding hydrogens is 388 g/mol. The molecule has 0 aliphatic rings. The van der Waals surface area contributed by atoms with Crippen molar-refractivity contribution in [1.29, 1.82) is 0 Å². The lowest BCUT2D eigenvalue weighted by Gasteiger charge is -2.14. The van der Waals surface area contributed by atoms with Gasteiger partial charge in [0.2, 0.25) is 0 Å². The zero-order valence-electron chi connectivity index (χ0n) is 15.4. The summed E-state index contributed by atoms with van der Waals surface area (Å²) in [6, 6.07) is 19.8. The summed E-state index contributed by atoms with van der Waals surface area (Å²) in [7, 11) is 0. The Balaban J connectivity index is 1.64. The number of benzene rings is 2. The summed E-state index contributed by atoms with van der Waals surface area (Å²) in [5, 5.41) is 3.42. The van der Waals surface area contributed by atoms with Crippen molar-refractivity contribution in [3.05, 3.63) is 82.4 Å². The van der Waals surface area contributed by atoms with Crippen LogP contribution in [0.25, 0.3) is 20.7 Å². The van der Waals surface area contributed by atoms with Crippen LogP contribution in [0.2, 0.25) is 0 Å². The van der Waals surface area contributed by atoms with Gasteiger partial charge in [-0.15, -0.1) is 11.3 Å². The number of nitrogens with one attached hydrogen (secondary N) is 2. The normalized spacial score (nSPS) is 10.8. The standard InChI is InChI=1S/C21H18N4OS2/c1-13-8-10-16(11-9-13)23-21(27)24-25-14(2)22-17-12-18(28-19(17)20(25)26)15-6-4-3-5-7-15/h3-12H,1-2H3,(H2,23,24,27). The second-order valence-corrected chi connectivity index (χ2v) is 7.88. The van der Waals surface area contributed by atoms with E-state index >= 15 is 0 Å². The molecule has 0 aliphatic heterocycles. The number of hydrogen-bond acceptors (Lipinski definition) is 4. The molecule has 140 valence electrons. The number of fused-ring (bicyclic) bond motifs is 1. The van der Waals surface area contributed by atoms with Gasteiger partial charge >= 0.3 is 0 Å². The molecule has 2 N–H and O–H groups in total. The van der Waals surface area contributed by atoms with Gasteiger partial charge in [0, 0.05) is 10.6 Å². The first-order chi connectivity index (χ1) is 13.5. The minimum absolute atomic E-state index is 0.164. The second kappa shape index (κ2) is 7.53. The van der Waals surface area contributed by atoms with Crippen LogP contribution in [0.3, 0.4) is 0 Å². The molecule has 2 heterocycles. The van der Waals surface area contributed by atoms with Crippen LogP contribution in [-0.2, 0) is 0 Å². The lowest BCUT2D eigenvalue weighted by molar-refractivity contribution is 0.841. The molecule has 0 aliphatic carbocycles. The van der Waals surface area contributed by atoms with E-state index < -0.39 is 0 Å². The van der Waals surface area contributed by atoms with Gasteiger partial charge in [0.15, 0.2) is 5.11 Å². The molecule has 0 radical (unpaired) electrons. The third-order valence-electron chi connectivity index (χ3n) is 4.30. The Bertz CT molecular complexity index is 1210. The zero-order valence-corrected chi connectivity index (χ0v) is 17.0. The fourth-order valence-electron chi connectivity index (χ4n) is 2.86. The lowest BCUT2D eigenvalue weighted by Crippen LogP contribution is -2.37. The molecule has 2 aromatic heterocycles. The van der Waals surface area contributed by atoms with Gasteiger partial charge in [0.05, 0.1) is 5.52 Å². The predicted molar refractivity (Wildman–Crippen MR) is 121 cm³/mol. The number of thiophene rings is 1. The monoisotopic (exact) mass is 406 g/mol. The van der Waals surface area contributed by atoms with Crippen molar-refractivity contribution in [2.24, 2.45) is 0 Å². The van der Waals surface area contributed by atoms with E-state index in [1.54, 1.807) is 6.92 Å². The van der Waals surface area contributed by atoms with Crippen LogP contribution in [0.5, 0.6) is 0 Å². The first kappa shape index (κ1) is 18.3. The van der Waals surface area contributed by atoms with Gasteiger partial charge in [0.25, 0.3) is 5.56 Å².